The Kier molecular flexibility index (Phi) is 91.3. The molecular weight excluding hydrogens is 1550 g/mol. The summed E-state index contributed by atoms with van der Waals surface area (Å²) in [6, 6.07) is 14.5. The van der Waals surface area contributed by atoms with Crippen molar-refractivity contribution in [3.8, 4) is 11.8 Å². The Balaban J connectivity index is 0.000000853. The summed E-state index contributed by atoms with van der Waals surface area (Å²) in [5, 5.41) is 2.87. The van der Waals surface area contributed by atoms with Crippen LogP contribution in [0.25, 0.3) is 16.9 Å². The number of unbranched alkanes of at least 4 members (excludes halogenated alkanes) is 81. The molecule has 0 saturated heterocycles. The first-order valence-corrected chi connectivity index (χ1v) is 59.5. The predicted octanol–water partition coefficient (Wildman–Crippen LogP) is 44.2. The average Bonchev–Trinajstić information content (AvgIpc) is 1.60. The first kappa shape index (κ1) is 119. The van der Waals surface area contributed by atoms with Gasteiger partial charge in [0.1, 0.15) is 5.57 Å². The van der Waals surface area contributed by atoms with E-state index in [1.165, 1.54) is 596 Å². The van der Waals surface area contributed by atoms with Crippen LogP contribution in [0.1, 0.15) is 667 Å². The molecule has 2 nitrogen and oxygen atoms in total. The molecule has 0 bridgehead atoms. The predicted molar refractivity (Wildman–Crippen MR) is 563 cm³/mol. The summed E-state index contributed by atoms with van der Waals surface area (Å²) in [7, 11) is 0. The third-order valence-electron chi connectivity index (χ3n) is 28.0. The van der Waals surface area contributed by atoms with Crippen LogP contribution in [0.2, 0.25) is 10.8 Å². The van der Waals surface area contributed by atoms with Crippen LogP contribution in [0.3, 0.4) is 0 Å². The van der Waals surface area contributed by atoms with E-state index in [1.54, 1.807) is 4.70 Å². The van der Waals surface area contributed by atoms with Gasteiger partial charge in [0.05, 0.1) is 0 Å². The van der Waals surface area contributed by atoms with Gasteiger partial charge < -0.3 is 5.53 Å². The van der Waals surface area contributed by atoms with E-state index in [4.69, 9.17) is 0 Å². The maximum absolute atomic E-state index is 12.7. The minimum atomic E-state index is 0.922. The van der Waals surface area contributed by atoms with Gasteiger partial charge in [-0.3, -0.25) is 0 Å². The molecule has 0 unspecified atom stereocenters. The van der Waals surface area contributed by atoms with Gasteiger partial charge in [0, 0.05) is 23.1 Å². The van der Waals surface area contributed by atoms with E-state index in [0.717, 1.165) is 73.9 Å². The van der Waals surface area contributed by atoms with Crippen molar-refractivity contribution in [3.05, 3.63) is 86.5 Å². The van der Waals surface area contributed by atoms with Gasteiger partial charge in [0.25, 0.3) is 0 Å². The second-order valence-electron chi connectivity index (χ2n) is 40.5. The Labute approximate surface area is 793 Å². The molecule has 0 aromatic heterocycles. The van der Waals surface area contributed by atoms with E-state index < -0.39 is 0 Å². The van der Waals surface area contributed by atoms with Crippen molar-refractivity contribution in [1.82, 2.24) is 0 Å². The molecule has 0 amide bonds. The monoisotopic (exact) mass is 1770 g/mol. The van der Waals surface area contributed by atoms with Gasteiger partial charge in [0.15, 0.2) is 0 Å². The van der Waals surface area contributed by atoms with Crippen molar-refractivity contribution < 1.29 is 19.1 Å². The topological polar surface area (TPSA) is 25.3 Å². The van der Waals surface area contributed by atoms with Gasteiger partial charge in [-0.25, -0.2) is 4.70 Å². The zero-order valence-electron chi connectivity index (χ0n) is 86.6. The SMILES string of the molecule is CCCCCCCCCCCCCCCCCCCCCCCC#CC1=C(c2cc(CCCCC)cc(CCCCC)c2)[N+](=[N-])C(c2cc(CCCC)cc(CCCC)c2)=C1CCCCC.CCCCCCCCCCCCCCCCCCCCCCCCCCCC[CH2][Ni][CH2]CCCCCCCCCCCCCCCCCCCCCCCCCCCC. The molecule has 730 valence electrons. The molecule has 2 aromatic rings. The van der Waals surface area contributed by atoms with Crippen LogP contribution in [-0.2, 0) is 40.1 Å². The second kappa shape index (κ2) is 96.2. The van der Waals surface area contributed by atoms with Gasteiger partial charge in [-0.05, 0) is 117 Å². The fourth-order valence-corrected chi connectivity index (χ4v) is 20.8. The summed E-state index contributed by atoms with van der Waals surface area (Å²) in [5.74, 6) is 7.52. The Hall–Kier alpha value is -2.43. The fourth-order valence-electron chi connectivity index (χ4n) is 19.6. The van der Waals surface area contributed by atoms with Crippen LogP contribution in [0.4, 0.5) is 0 Å². The fraction of sp³-hybridized carbons (Fsp3) is 0.852. The van der Waals surface area contributed by atoms with E-state index >= 15 is 0 Å². The van der Waals surface area contributed by atoms with Crippen LogP contribution in [-0.4, -0.2) is 4.70 Å². The average molecular weight is 1780 g/mol. The molecule has 0 atom stereocenters. The molecule has 0 spiro atoms. The van der Waals surface area contributed by atoms with Gasteiger partial charge >= 0.3 is 166 Å². The minimum Gasteiger partial charge on any atom is -0.0654 e. The number of nitrogens with zero attached hydrogens (tertiary/aromatic N) is 2. The van der Waals surface area contributed by atoms with E-state index in [2.05, 4.69) is 118 Å². The number of aryl methyl sites for hydroxylation is 4. The summed E-state index contributed by atoms with van der Waals surface area (Å²) in [6.45, 7) is 18.4. The second-order valence-corrected chi connectivity index (χ2v) is 42.0. The third kappa shape index (κ3) is 73.7. The third-order valence-corrected chi connectivity index (χ3v) is 29.4. The van der Waals surface area contributed by atoms with Gasteiger partial charge in [-0.2, -0.15) is 0 Å². The molecule has 0 radical (unpaired) electrons. The maximum atomic E-state index is 12.7. The number of hydrogen-bond acceptors (Lipinski definition) is 0. The number of rotatable bonds is 97. The zero-order valence-corrected chi connectivity index (χ0v) is 87.5. The zero-order chi connectivity index (χ0) is 89.6. The Morgan fingerprint density at radius 3 is 0.616 bits per heavy atom. The first-order valence-electron chi connectivity index (χ1n) is 58.1. The Morgan fingerprint density at radius 1 is 0.200 bits per heavy atom. The van der Waals surface area contributed by atoms with Crippen molar-refractivity contribution in [2.24, 2.45) is 0 Å². The van der Waals surface area contributed by atoms with Crippen LogP contribution < -0.4 is 0 Å². The molecule has 0 fully saturated rings. The molecule has 0 saturated carbocycles. The van der Waals surface area contributed by atoms with Crippen molar-refractivity contribution >= 4 is 11.4 Å². The molecule has 1 heterocycles. The van der Waals surface area contributed by atoms with E-state index in [9.17, 15) is 5.53 Å². The number of hydrogen-bond donors (Lipinski definition) is 0. The molecule has 1 aliphatic heterocycles. The van der Waals surface area contributed by atoms with Crippen LogP contribution in [0.5, 0.6) is 0 Å². The van der Waals surface area contributed by atoms with Crippen molar-refractivity contribution in [2.75, 3.05) is 0 Å². The number of benzene rings is 2. The van der Waals surface area contributed by atoms with Crippen LogP contribution in [0, 0.1) is 11.8 Å². The molecule has 2 aromatic carbocycles. The quantitative estimate of drug-likeness (QED) is 0.0273. The summed E-state index contributed by atoms with van der Waals surface area (Å²) >= 11 is 2.05. The van der Waals surface area contributed by atoms with Gasteiger partial charge in [-0.15, -0.1) is 0 Å². The first-order chi connectivity index (χ1) is 61.9. The molecule has 125 heavy (non-hydrogen) atoms. The van der Waals surface area contributed by atoms with Crippen molar-refractivity contribution in [1.29, 1.82) is 0 Å². The van der Waals surface area contributed by atoms with Gasteiger partial charge in [-0.1, -0.05) is 465 Å². The van der Waals surface area contributed by atoms with E-state index in [1.807, 2.05) is 0 Å². The normalized spacial score (nSPS) is 12.3. The minimum absolute atomic E-state index is 0.922. The van der Waals surface area contributed by atoms with Crippen molar-refractivity contribution in [3.63, 3.8) is 0 Å². The Morgan fingerprint density at radius 2 is 0.384 bits per heavy atom. The van der Waals surface area contributed by atoms with Gasteiger partial charge in [0.2, 0.25) is 11.4 Å². The molecule has 3 heteroatoms. The molecule has 0 N–H and O–H groups in total. The summed E-state index contributed by atoms with van der Waals surface area (Å²) in [4.78, 5) is 0. The molecular formula is C122H222N2Ni. The van der Waals surface area contributed by atoms with E-state index in [0.29, 0.717) is 0 Å². The molecule has 1 aliphatic rings. The van der Waals surface area contributed by atoms with Crippen LogP contribution >= 0.6 is 0 Å². The smallest absolute Gasteiger partial charge is 0.0654 e. The molecule has 3 rings (SSSR count). The summed E-state index contributed by atoms with van der Waals surface area (Å²) in [6.07, 6.45) is 132. The summed E-state index contributed by atoms with van der Waals surface area (Å²) < 4.78 is 1.60. The Bertz CT molecular complexity index is 2600. The molecule has 0 aliphatic carbocycles. The summed E-state index contributed by atoms with van der Waals surface area (Å²) in [5.41, 5.74) is 24.9. The van der Waals surface area contributed by atoms with Crippen molar-refractivity contribution in [2.45, 2.75) is 670 Å². The standard InChI is InChI=1S/C64H104N2.2C29H59.Ni/c1-7-13-19-20-21-22-23-24-25-26-27-28-29-30-31-32-33-34-35-36-37-38-42-48-62-61(47-41-16-10-4)63(59-51-55(43-17-11-5)49-56(52-59)44-18-12-6)66(65)64(62)60-53-57(45-39-14-8-2)50-58(54-60)46-40-15-9-3;2*1-3-5-7-9-11-13-15-17-19-21-23-25-27-29-28-26-24-22-20-18-16-14-12-10-8-6-4-2;/h49-54H,7-41,43-47H2,1-6H3;2*1,3-29H2,2H3;. The van der Waals surface area contributed by atoms with Crippen LogP contribution in [0.15, 0.2) is 47.5 Å². The number of allylic oxidation sites excluding steroid dienone is 2. The van der Waals surface area contributed by atoms with E-state index in [-0.39, 0.29) is 0 Å².